The van der Waals surface area contributed by atoms with Crippen LogP contribution in [0.25, 0.3) is 0 Å². The van der Waals surface area contributed by atoms with E-state index in [2.05, 4.69) is 14.9 Å². The number of aromatic nitrogens is 2. The van der Waals surface area contributed by atoms with Crippen molar-refractivity contribution in [2.24, 2.45) is 0 Å². The van der Waals surface area contributed by atoms with Gasteiger partial charge in [-0.1, -0.05) is 12.2 Å². The van der Waals surface area contributed by atoms with Gasteiger partial charge in [0.05, 0.1) is 10.6 Å². The predicted octanol–water partition coefficient (Wildman–Crippen LogP) is 3.80. The molecule has 2 aromatic heterocycles. The van der Waals surface area contributed by atoms with Gasteiger partial charge in [-0.05, 0) is 43.7 Å². The Kier molecular flexibility index (Phi) is 5.64. The van der Waals surface area contributed by atoms with Gasteiger partial charge in [-0.25, -0.2) is 4.98 Å². The van der Waals surface area contributed by atoms with Crippen molar-refractivity contribution in [3.63, 3.8) is 0 Å². The largest absolute Gasteiger partial charge is 0.417 e. The van der Waals surface area contributed by atoms with Crippen molar-refractivity contribution in [1.29, 1.82) is 0 Å². The highest BCUT2D eigenvalue weighted by molar-refractivity contribution is 7.80. The molecule has 0 aromatic carbocycles. The van der Waals surface area contributed by atoms with Gasteiger partial charge in [-0.2, -0.15) is 13.2 Å². The Bertz CT molecular complexity index is 792. The molecule has 2 aromatic rings. The van der Waals surface area contributed by atoms with E-state index in [1.807, 2.05) is 30.9 Å². The molecule has 0 radical (unpaired) electrons. The number of alkyl halides is 3. The number of anilines is 1. The van der Waals surface area contributed by atoms with Crippen LogP contribution >= 0.6 is 12.2 Å². The van der Waals surface area contributed by atoms with Crippen molar-refractivity contribution >= 4 is 23.0 Å². The lowest BCUT2D eigenvalue weighted by Crippen LogP contribution is -2.49. The highest BCUT2D eigenvalue weighted by atomic mass is 32.1. The first-order valence-corrected chi connectivity index (χ1v) is 9.13. The SMILES string of the molecule is Cc1cc(C)nc(CC(=S)N2CCN(c3ccc(C(F)(F)F)cn3)CC2)c1. The van der Waals surface area contributed by atoms with Crippen molar-refractivity contribution < 1.29 is 13.2 Å². The van der Waals surface area contributed by atoms with E-state index in [-0.39, 0.29) is 0 Å². The lowest BCUT2D eigenvalue weighted by atomic mass is 10.1. The number of halogens is 3. The third-order valence-electron chi connectivity index (χ3n) is 4.51. The zero-order valence-corrected chi connectivity index (χ0v) is 16.1. The van der Waals surface area contributed by atoms with Crippen LogP contribution in [-0.2, 0) is 12.6 Å². The van der Waals surface area contributed by atoms with E-state index in [9.17, 15) is 13.2 Å². The maximum atomic E-state index is 12.7. The molecule has 3 heterocycles. The summed E-state index contributed by atoms with van der Waals surface area (Å²) in [6.07, 6.45) is -2.85. The minimum atomic E-state index is -4.36. The summed E-state index contributed by atoms with van der Waals surface area (Å²) in [6.45, 7) is 6.77. The summed E-state index contributed by atoms with van der Waals surface area (Å²) in [4.78, 5) is 13.5. The van der Waals surface area contributed by atoms with Crippen LogP contribution in [0.5, 0.6) is 0 Å². The van der Waals surface area contributed by atoms with E-state index >= 15 is 0 Å². The number of rotatable bonds is 3. The van der Waals surface area contributed by atoms with Crippen molar-refractivity contribution in [2.75, 3.05) is 31.1 Å². The summed E-state index contributed by atoms with van der Waals surface area (Å²) in [7, 11) is 0. The third kappa shape index (κ3) is 4.94. The second-order valence-corrected chi connectivity index (χ2v) is 7.20. The van der Waals surface area contributed by atoms with Gasteiger partial charge >= 0.3 is 6.18 Å². The topological polar surface area (TPSA) is 32.3 Å². The van der Waals surface area contributed by atoms with Gasteiger partial charge < -0.3 is 9.80 Å². The molecule has 0 spiro atoms. The number of nitrogens with zero attached hydrogens (tertiary/aromatic N) is 4. The molecule has 144 valence electrons. The first kappa shape index (κ1) is 19.5. The number of piperazine rings is 1. The molecule has 0 unspecified atom stereocenters. The summed E-state index contributed by atoms with van der Waals surface area (Å²) < 4.78 is 38.0. The Morgan fingerprint density at radius 1 is 1.11 bits per heavy atom. The molecule has 3 rings (SSSR count). The van der Waals surface area contributed by atoms with Gasteiger partial charge in [0.2, 0.25) is 0 Å². The Labute approximate surface area is 162 Å². The average Bonchev–Trinajstić information content (AvgIpc) is 2.60. The summed E-state index contributed by atoms with van der Waals surface area (Å²) in [5.74, 6) is 0.560. The van der Waals surface area contributed by atoms with Crippen LogP contribution in [0, 0.1) is 13.8 Å². The molecule has 1 aliphatic heterocycles. The van der Waals surface area contributed by atoms with E-state index in [0.717, 1.165) is 28.6 Å². The van der Waals surface area contributed by atoms with Crippen LogP contribution in [0.2, 0.25) is 0 Å². The minimum absolute atomic E-state index is 0.560. The summed E-state index contributed by atoms with van der Waals surface area (Å²) in [5.41, 5.74) is 2.38. The van der Waals surface area contributed by atoms with E-state index < -0.39 is 11.7 Å². The Morgan fingerprint density at radius 2 is 1.81 bits per heavy atom. The van der Waals surface area contributed by atoms with E-state index in [0.29, 0.717) is 38.4 Å². The van der Waals surface area contributed by atoms with Crippen molar-refractivity contribution in [3.8, 4) is 0 Å². The molecular weight excluding hydrogens is 373 g/mol. The Balaban J connectivity index is 1.57. The van der Waals surface area contributed by atoms with Crippen LogP contribution in [-0.4, -0.2) is 46.0 Å². The smallest absolute Gasteiger partial charge is 0.362 e. The van der Waals surface area contributed by atoms with Gasteiger partial charge in [0, 0.05) is 50.2 Å². The fourth-order valence-corrected chi connectivity index (χ4v) is 3.54. The van der Waals surface area contributed by atoms with Crippen molar-refractivity contribution in [2.45, 2.75) is 26.4 Å². The maximum Gasteiger partial charge on any atom is 0.417 e. The fraction of sp³-hybridized carbons (Fsp3) is 0.421. The number of pyridine rings is 2. The van der Waals surface area contributed by atoms with Crippen LogP contribution in [0.15, 0.2) is 30.5 Å². The highest BCUT2D eigenvalue weighted by Crippen LogP contribution is 2.29. The second kappa shape index (κ2) is 7.80. The van der Waals surface area contributed by atoms with E-state index in [4.69, 9.17) is 12.2 Å². The third-order valence-corrected chi connectivity index (χ3v) is 4.92. The highest BCUT2D eigenvalue weighted by Gasteiger charge is 2.31. The quantitative estimate of drug-likeness (QED) is 0.740. The molecule has 1 fully saturated rings. The standard InChI is InChI=1S/C19H21F3N4S/c1-13-9-14(2)24-16(10-13)11-18(27)26-7-5-25(6-8-26)17-4-3-15(12-23-17)19(20,21)22/h3-4,9-10,12H,5-8,11H2,1-2H3. The second-order valence-electron chi connectivity index (χ2n) is 6.72. The molecule has 8 heteroatoms. The maximum absolute atomic E-state index is 12.7. The number of thiocarbonyl (C=S) groups is 1. The van der Waals surface area contributed by atoms with Crippen molar-refractivity contribution in [3.05, 3.63) is 53.0 Å². The van der Waals surface area contributed by atoms with Gasteiger partial charge in [0.25, 0.3) is 0 Å². The average molecular weight is 394 g/mol. The van der Waals surface area contributed by atoms with Crippen LogP contribution in [0.3, 0.4) is 0 Å². The molecule has 0 N–H and O–H groups in total. The molecule has 27 heavy (non-hydrogen) atoms. The van der Waals surface area contributed by atoms with Gasteiger partial charge in [-0.3, -0.25) is 4.98 Å². The first-order valence-electron chi connectivity index (χ1n) is 8.72. The van der Waals surface area contributed by atoms with Crippen LogP contribution in [0.1, 0.15) is 22.5 Å². The molecule has 4 nitrogen and oxygen atoms in total. The molecule has 0 atom stereocenters. The summed E-state index contributed by atoms with van der Waals surface area (Å²) in [5, 5.41) is 0. The van der Waals surface area contributed by atoms with Crippen molar-refractivity contribution in [1.82, 2.24) is 14.9 Å². The first-order chi connectivity index (χ1) is 12.7. The predicted molar refractivity (Wildman–Crippen MR) is 103 cm³/mol. The molecule has 0 saturated carbocycles. The molecule has 1 saturated heterocycles. The van der Waals surface area contributed by atoms with E-state index in [1.165, 1.54) is 11.6 Å². The van der Waals surface area contributed by atoms with Gasteiger partial charge in [0.1, 0.15) is 5.82 Å². The molecule has 1 aliphatic rings. The normalized spacial score (nSPS) is 15.1. The Morgan fingerprint density at radius 3 is 2.37 bits per heavy atom. The number of hydrogen-bond donors (Lipinski definition) is 0. The fourth-order valence-electron chi connectivity index (χ4n) is 3.21. The molecule has 0 amide bonds. The Hall–Kier alpha value is -2.22. The number of hydrogen-bond acceptors (Lipinski definition) is 4. The molecule has 0 aliphatic carbocycles. The molecular formula is C19H21F3N4S. The lowest BCUT2D eigenvalue weighted by Gasteiger charge is -2.36. The van der Waals surface area contributed by atoms with Crippen LogP contribution in [0.4, 0.5) is 19.0 Å². The lowest BCUT2D eigenvalue weighted by molar-refractivity contribution is -0.137. The number of aryl methyl sites for hydroxylation is 2. The zero-order valence-electron chi connectivity index (χ0n) is 15.3. The summed E-state index contributed by atoms with van der Waals surface area (Å²) in [6, 6.07) is 6.57. The monoisotopic (exact) mass is 394 g/mol. The summed E-state index contributed by atoms with van der Waals surface area (Å²) >= 11 is 5.58. The zero-order chi connectivity index (χ0) is 19.6. The van der Waals surface area contributed by atoms with Gasteiger partial charge in [-0.15, -0.1) is 0 Å². The van der Waals surface area contributed by atoms with Gasteiger partial charge in [0.15, 0.2) is 0 Å². The minimum Gasteiger partial charge on any atom is -0.362 e. The van der Waals surface area contributed by atoms with E-state index in [1.54, 1.807) is 0 Å². The van der Waals surface area contributed by atoms with Crippen LogP contribution < -0.4 is 4.90 Å². The molecule has 0 bridgehead atoms.